The molecule has 1 amide bonds. The molecule has 7 heteroatoms. The van der Waals surface area contributed by atoms with Crippen LogP contribution < -0.4 is 0 Å². The Kier molecular flexibility index (Phi) is 5.96. The summed E-state index contributed by atoms with van der Waals surface area (Å²) in [5.41, 5.74) is 4.38. The van der Waals surface area contributed by atoms with Crippen molar-refractivity contribution in [1.29, 1.82) is 0 Å². The molecule has 0 spiro atoms. The molecule has 2 aliphatic heterocycles. The first kappa shape index (κ1) is 20.0. The summed E-state index contributed by atoms with van der Waals surface area (Å²) >= 11 is 0. The van der Waals surface area contributed by atoms with Crippen LogP contribution in [0.5, 0.6) is 0 Å². The van der Waals surface area contributed by atoms with E-state index in [-0.39, 0.29) is 5.91 Å². The van der Waals surface area contributed by atoms with Gasteiger partial charge in [-0.15, -0.1) is 5.10 Å². The second-order valence-corrected chi connectivity index (χ2v) is 8.40. The van der Waals surface area contributed by atoms with E-state index in [1.165, 1.54) is 31.5 Å². The third-order valence-corrected chi connectivity index (χ3v) is 6.14. The molecule has 0 unspecified atom stereocenters. The molecule has 0 N–H and O–H groups in total. The maximum absolute atomic E-state index is 13.1. The highest BCUT2D eigenvalue weighted by Gasteiger charge is 2.26. The number of hydrogen-bond acceptors (Lipinski definition) is 5. The van der Waals surface area contributed by atoms with E-state index in [1.54, 1.807) is 4.80 Å². The molecule has 2 saturated heterocycles. The van der Waals surface area contributed by atoms with Crippen LogP contribution in [-0.4, -0.2) is 88.0 Å². The molecule has 0 atom stereocenters. The Morgan fingerprint density at radius 3 is 2.21 bits per heavy atom. The zero-order chi connectivity index (χ0) is 20.4. The van der Waals surface area contributed by atoms with Crippen LogP contribution >= 0.6 is 0 Å². The lowest BCUT2D eigenvalue weighted by Crippen LogP contribution is -2.50. The van der Waals surface area contributed by atoms with Gasteiger partial charge in [-0.05, 0) is 58.3 Å². The Morgan fingerprint density at radius 2 is 1.55 bits per heavy atom. The smallest absolute Gasteiger partial charge is 0.276 e. The Bertz CT molecular complexity index is 862. The normalized spacial score (nSPS) is 18.5. The van der Waals surface area contributed by atoms with Gasteiger partial charge in [0.25, 0.3) is 5.91 Å². The van der Waals surface area contributed by atoms with Crippen molar-refractivity contribution < 1.29 is 4.79 Å². The largest absolute Gasteiger partial charge is 0.335 e. The molecule has 1 aromatic carbocycles. The molecule has 29 heavy (non-hydrogen) atoms. The summed E-state index contributed by atoms with van der Waals surface area (Å²) in [5.74, 6) is -0.00212. The molecule has 0 saturated carbocycles. The van der Waals surface area contributed by atoms with E-state index in [9.17, 15) is 4.79 Å². The molecule has 0 aliphatic carbocycles. The molecular formula is C22H32N6O. The van der Waals surface area contributed by atoms with Gasteiger partial charge in [0.05, 0.1) is 11.4 Å². The Balaban J connectivity index is 1.37. The van der Waals surface area contributed by atoms with Crippen molar-refractivity contribution >= 4 is 5.91 Å². The molecule has 4 rings (SSSR count). The van der Waals surface area contributed by atoms with E-state index in [0.717, 1.165) is 50.5 Å². The fraction of sp³-hybridized carbons (Fsp3) is 0.591. The summed E-state index contributed by atoms with van der Waals surface area (Å²) in [7, 11) is 0. The van der Waals surface area contributed by atoms with Crippen LogP contribution in [0.1, 0.15) is 40.2 Å². The number of amides is 1. The van der Waals surface area contributed by atoms with Gasteiger partial charge in [-0.2, -0.15) is 9.90 Å². The summed E-state index contributed by atoms with van der Waals surface area (Å²) in [6, 6.07) is 6.16. The lowest BCUT2D eigenvalue weighted by molar-refractivity contribution is 0.0620. The highest BCUT2D eigenvalue weighted by atomic mass is 16.2. The van der Waals surface area contributed by atoms with Gasteiger partial charge in [0, 0.05) is 39.3 Å². The Hall–Kier alpha value is -2.25. The van der Waals surface area contributed by atoms with E-state index < -0.39 is 0 Å². The monoisotopic (exact) mass is 396 g/mol. The van der Waals surface area contributed by atoms with Gasteiger partial charge >= 0.3 is 0 Å². The number of likely N-dealkylation sites (tertiary alicyclic amines) is 1. The number of nitrogens with zero attached hydrogens (tertiary/aromatic N) is 6. The van der Waals surface area contributed by atoms with Crippen molar-refractivity contribution in [3.05, 3.63) is 40.7 Å². The molecule has 1 aromatic heterocycles. The molecule has 0 radical (unpaired) electrons. The van der Waals surface area contributed by atoms with E-state index in [4.69, 9.17) is 0 Å². The van der Waals surface area contributed by atoms with Crippen molar-refractivity contribution in [3.8, 4) is 5.69 Å². The topological polar surface area (TPSA) is 57.5 Å². The van der Waals surface area contributed by atoms with Crippen molar-refractivity contribution in [3.63, 3.8) is 0 Å². The average Bonchev–Trinajstić information content (AvgIpc) is 3.36. The minimum atomic E-state index is -0.00212. The van der Waals surface area contributed by atoms with E-state index in [2.05, 4.69) is 33.0 Å². The number of piperazine rings is 1. The van der Waals surface area contributed by atoms with E-state index in [1.807, 2.05) is 30.9 Å². The molecule has 2 aliphatic rings. The number of carbonyl (C=O) groups excluding carboxylic acids is 1. The van der Waals surface area contributed by atoms with Crippen LogP contribution in [0, 0.1) is 20.8 Å². The maximum Gasteiger partial charge on any atom is 0.276 e. The lowest BCUT2D eigenvalue weighted by Gasteiger charge is -2.35. The first-order valence-electron chi connectivity index (χ1n) is 10.8. The molecule has 156 valence electrons. The van der Waals surface area contributed by atoms with Crippen molar-refractivity contribution in [2.45, 2.75) is 33.6 Å². The lowest BCUT2D eigenvalue weighted by atomic mass is 10.1. The Labute approximate surface area is 173 Å². The minimum Gasteiger partial charge on any atom is -0.335 e. The maximum atomic E-state index is 13.1. The van der Waals surface area contributed by atoms with E-state index in [0.29, 0.717) is 11.4 Å². The average molecular weight is 397 g/mol. The number of aryl methyl sites for hydroxylation is 3. The highest BCUT2D eigenvalue weighted by molar-refractivity contribution is 5.93. The molecular weight excluding hydrogens is 364 g/mol. The predicted octanol–water partition coefficient (Wildman–Crippen LogP) is 2.05. The first-order valence-corrected chi connectivity index (χ1v) is 10.8. The minimum absolute atomic E-state index is 0.00212. The van der Waals surface area contributed by atoms with Crippen LogP contribution in [0.3, 0.4) is 0 Å². The van der Waals surface area contributed by atoms with Crippen LogP contribution in [0.15, 0.2) is 18.2 Å². The summed E-state index contributed by atoms with van der Waals surface area (Å²) < 4.78 is 0. The molecule has 0 bridgehead atoms. The highest BCUT2D eigenvalue weighted by Crippen LogP contribution is 2.17. The molecule has 3 heterocycles. The van der Waals surface area contributed by atoms with Gasteiger partial charge in [-0.25, -0.2) is 0 Å². The molecule has 2 aromatic rings. The van der Waals surface area contributed by atoms with Gasteiger partial charge in [0.15, 0.2) is 5.69 Å². The summed E-state index contributed by atoms with van der Waals surface area (Å²) in [4.78, 5) is 21.6. The SMILES string of the molecule is Cc1ccc(-n2nc(C)c(C(=O)N3CCN(CCN4CCCC4)CC3)n2)c(C)c1. The van der Waals surface area contributed by atoms with Crippen molar-refractivity contribution in [2.75, 3.05) is 52.4 Å². The third-order valence-electron chi connectivity index (χ3n) is 6.14. The summed E-state index contributed by atoms with van der Waals surface area (Å²) in [5, 5.41) is 9.07. The standard InChI is InChI=1S/C22H32N6O/c1-17-6-7-20(18(2)16-17)28-23-19(3)21(24-28)22(29)27-14-12-26(13-15-27)11-10-25-8-4-5-9-25/h6-7,16H,4-5,8-15H2,1-3H3. The van der Waals surface area contributed by atoms with Crippen LogP contribution in [0.25, 0.3) is 5.69 Å². The fourth-order valence-corrected chi connectivity index (χ4v) is 4.33. The predicted molar refractivity (Wildman–Crippen MR) is 114 cm³/mol. The van der Waals surface area contributed by atoms with Gasteiger partial charge < -0.3 is 9.80 Å². The Morgan fingerprint density at radius 1 is 0.897 bits per heavy atom. The fourth-order valence-electron chi connectivity index (χ4n) is 4.33. The van der Waals surface area contributed by atoms with Crippen molar-refractivity contribution in [2.24, 2.45) is 0 Å². The zero-order valence-corrected chi connectivity index (χ0v) is 17.9. The van der Waals surface area contributed by atoms with Gasteiger partial charge in [-0.3, -0.25) is 9.69 Å². The van der Waals surface area contributed by atoms with Gasteiger partial charge in [0.1, 0.15) is 0 Å². The van der Waals surface area contributed by atoms with Gasteiger partial charge in [0.2, 0.25) is 0 Å². The third kappa shape index (κ3) is 4.51. The number of rotatable bonds is 5. The summed E-state index contributed by atoms with van der Waals surface area (Å²) in [6.07, 6.45) is 2.68. The molecule has 2 fully saturated rings. The second-order valence-electron chi connectivity index (χ2n) is 8.40. The number of benzene rings is 1. The van der Waals surface area contributed by atoms with E-state index >= 15 is 0 Å². The van der Waals surface area contributed by atoms with Crippen LogP contribution in [0.2, 0.25) is 0 Å². The van der Waals surface area contributed by atoms with Gasteiger partial charge in [-0.1, -0.05) is 17.7 Å². The number of aromatic nitrogens is 3. The van der Waals surface area contributed by atoms with Crippen LogP contribution in [0.4, 0.5) is 0 Å². The number of carbonyl (C=O) groups is 1. The second kappa shape index (κ2) is 8.63. The number of hydrogen-bond donors (Lipinski definition) is 0. The first-order chi connectivity index (χ1) is 14.0. The van der Waals surface area contributed by atoms with Crippen LogP contribution in [-0.2, 0) is 0 Å². The van der Waals surface area contributed by atoms with Crippen molar-refractivity contribution in [1.82, 2.24) is 29.7 Å². The summed E-state index contributed by atoms with van der Waals surface area (Å²) in [6.45, 7) is 14.1. The zero-order valence-electron chi connectivity index (χ0n) is 17.9. The quantitative estimate of drug-likeness (QED) is 0.774. The molecule has 7 nitrogen and oxygen atoms in total.